The van der Waals surface area contributed by atoms with E-state index in [1.54, 1.807) is 0 Å². The summed E-state index contributed by atoms with van der Waals surface area (Å²) in [6.45, 7) is 3.32. The number of ether oxygens (including phenoxy) is 3. The predicted octanol–water partition coefficient (Wildman–Crippen LogP) is 5.05. The summed E-state index contributed by atoms with van der Waals surface area (Å²) in [6.07, 6.45) is 1.35. The van der Waals surface area contributed by atoms with Crippen molar-refractivity contribution in [1.82, 2.24) is 0 Å². The van der Waals surface area contributed by atoms with Crippen LogP contribution in [-0.4, -0.2) is 18.0 Å². The maximum absolute atomic E-state index is 8.77. The molecule has 0 amide bonds. The van der Waals surface area contributed by atoms with Crippen LogP contribution in [0.2, 0.25) is 0 Å². The molecule has 5 heteroatoms. The highest BCUT2D eigenvalue weighted by molar-refractivity contribution is 5.82. The van der Waals surface area contributed by atoms with Crippen LogP contribution in [0.15, 0.2) is 78.0 Å². The number of hydrogen-bond donors (Lipinski definition) is 1. The molecule has 0 aromatic heterocycles. The first-order chi connectivity index (χ1) is 13.8. The van der Waals surface area contributed by atoms with Crippen LogP contribution in [0.1, 0.15) is 23.6 Å². The average Bonchev–Trinajstić information content (AvgIpc) is 2.74. The summed E-state index contributed by atoms with van der Waals surface area (Å²) >= 11 is 0. The Morgan fingerprint density at radius 1 is 0.750 bits per heavy atom. The third-order valence-electron chi connectivity index (χ3n) is 4.06. The van der Waals surface area contributed by atoms with E-state index in [9.17, 15) is 0 Å². The van der Waals surface area contributed by atoms with E-state index in [1.165, 1.54) is 6.21 Å². The molecule has 3 rings (SSSR count). The van der Waals surface area contributed by atoms with Crippen molar-refractivity contribution in [3.05, 3.63) is 89.5 Å². The van der Waals surface area contributed by atoms with Gasteiger partial charge in [0.25, 0.3) is 0 Å². The quantitative estimate of drug-likeness (QED) is 0.322. The lowest BCUT2D eigenvalue weighted by atomic mass is 10.2. The van der Waals surface area contributed by atoms with Crippen LogP contribution in [0.4, 0.5) is 0 Å². The minimum atomic E-state index is 0.356. The number of para-hydroxylation sites is 1. The van der Waals surface area contributed by atoms with Crippen molar-refractivity contribution < 1.29 is 19.4 Å². The molecule has 0 unspecified atom stereocenters. The van der Waals surface area contributed by atoms with Gasteiger partial charge >= 0.3 is 0 Å². The normalized spacial score (nSPS) is 10.8. The lowest BCUT2D eigenvalue weighted by Crippen LogP contribution is -2.02. The number of nitrogens with zero attached hydrogens (tertiary/aromatic N) is 1. The van der Waals surface area contributed by atoms with Crippen LogP contribution in [0.3, 0.4) is 0 Å². The second-order valence-corrected chi connectivity index (χ2v) is 6.06. The summed E-state index contributed by atoms with van der Waals surface area (Å²) in [4.78, 5) is 0. The van der Waals surface area contributed by atoms with Crippen LogP contribution < -0.4 is 14.2 Å². The fourth-order valence-electron chi connectivity index (χ4n) is 2.71. The van der Waals surface area contributed by atoms with Gasteiger partial charge in [-0.05, 0) is 42.3 Å². The maximum Gasteiger partial charge on any atom is 0.161 e. The summed E-state index contributed by atoms with van der Waals surface area (Å²) in [5, 5.41) is 11.8. The molecule has 0 radical (unpaired) electrons. The number of rotatable bonds is 9. The summed E-state index contributed by atoms with van der Waals surface area (Å²) in [5.74, 6) is 2.02. The highest BCUT2D eigenvalue weighted by atomic mass is 16.5. The number of benzene rings is 3. The Hall–Kier alpha value is -3.47. The van der Waals surface area contributed by atoms with E-state index >= 15 is 0 Å². The molecular weight excluding hydrogens is 354 g/mol. The van der Waals surface area contributed by atoms with Crippen molar-refractivity contribution in [3.8, 4) is 17.2 Å². The van der Waals surface area contributed by atoms with Gasteiger partial charge in [-0.25, -0.2) is 0 Å². The van der Waals surface area contributed by atoms with Gasteiger partial charge < -0.3 is 19.4 Å². The first-order valence-corrected chi connectivity index (χ1v) is 9.12. The molecule has 0 aliphatic carbocycles. The first-order valence-electron chi connectivity index (χ1n) is 9.12. The van der Waals surface area contributed by atoms with E-state index in [4.69, 9.17) is 19.4 Å². The third-order valence-corrected chi connectivity index (χ3v) is 4.06. The van der Waals surface area contributed by atoms with E-state index in [1.807, 2.05) is 79.7 Å². The predicted molar refractivity (Wildman–Crippen MR) is 109 cm³/mol. The summed E-state index contributed by atoms with van der Waals surface area (Å²) in [7, 11) is 0. The SMILES string of the molecule is CCOc1cc(COc2ccccc2/C=N/O)ccc1OCc1ccccc1. The smallest absolute Gasteiger partial charge is 0.161 e. The molecule has 0 heterocycles. The molecule has 0 atom stereocenters. The van der Waals surface area contributed by atoms with Crippen LogP contribution in [-0.2, 0) is 13.2 Å². The second kappa shape index (κ2) is 10.0. The molecule has 0 fully saturated rings. The Balaban J connectivity index is 1.70. The Morgan fingerprint density at radius 3 is 2.25 bits per heavy atom. The van der Waals surface area contributed by atoms with Gasteiger partial charge in [0.05, 0.1) is 12.8 Å². The molecule has 28 heavy (non-hydrogen) atoms. The number of hydrogen-bond acceptors (Lipinski definition) is 5. The largest absolute Gasteiger partial charge is 0.490 e. The van der Waals surface area contributed by atoms with Gasteiger partial charge in [0.15, 0.2) is 11.5 Å². The fraction of sp³-hybridized carbons (Fsp3) is 0.174. The fourth-order valence-corrected chi connectivity index (χ4v) is 2.71. The van der Waals surface area contributed by atoms with Crippen LogP contribution in [0.5, 0.6) is 17.2 Å². The molecule has 0 saturated carbocycles. The van der Waals surface area contributed by atoms with Crippen molar-refractivity contribution in [3.63, 3.8) is 0 Å². The second-order valence-electron chi connectivity index (χ2n) is 6.06. The van der Waals surface area contributed by atoms with Gasteiger partial charge in [-0.1, -0.05) is 53.7 Å². The summed E-state index contributed by atoms with van der Waals surface area (Å²) in [5.41, 5.74) is 2.75. The van der Waals surface area contributed by atoms with E-state index in [0.29, 0.717) is 42.6 Å². The molecular formula is C23H23NO4. The minimum Gasteiger partial charge on any atom is -0.490 e. The van der Waals surface area contributed by atoms with Crippen LogP contribution in [0.25, 0.3) is 0 Å². The van der Waals surface area contributed by atoms with Crippen LogP contribution in [0, 0.1) is 0 Å². The first kappa shape index (κ1) is 19.3. The highest BCUT2D eigenvalue weighted by Crippen LogP contribution is 2.30. The third kappa shape index (κ3) is 5.27. The molecule has 5 nitrogen and oxygen atoms in total. The molecule has 1 N–H and O–H groups in total. The van der Waals surface area contributed by atoms with Gasteiger partial charge in [-0.2, -0.15) is 0 Å². The van der Waals surface area contributed by atoms with Crippen molar-refractivity contribution in [2.45, 2.75) is 20.1 Å². The van der Waals surface area contributed by atoms with Gasteiger partial charge in [-0.15, -0.1) is 0 Å². The van der Waals surface area contributed by atoms with Gasteiger partial charge in [0.1, 0.15) is 19.0 Å². The molecule has 0 bridgehead atoms. The Morgan fingerprint density at radius 2 is 1.46 bits per heavy atom. The van der Waals surface area contributed by atoms with Gasteiger partial charge in [-0.3, -0.25) is 0 Å². The van der Waals surface area contributed by atoms with Gasteiger partial charge in [0, 0.05) is 5.56 Å². The lowest BCUT2D eigenvalue weighted by molar-refractivity contribution is 0.267. The van der Waals surface area contributed by atoms with Crippen LogP contribution >= 0.6 is 0 Å². The zero-order valence-corrected chi connectivity index (χ0v) is 15.7. The lowest BCUT2D eigenvalue weighted by Gasteiger charge is -2.14. The van der Waals surface area contributed by atoms with E-state index < -0.39 is 0 Å². The number of oxime groups is 1. The zero-order valence-electron chi connectivity index (χ0n) is 15.7. The molecule has 0 aliphatic rings. The molecule has 144 valence electrons. The van der Waals surface area contributed by atoms with Crippen molar-refractivity contribution in [1.29, 1.82) is 0 Å². The van der Waals surface area contributed by atoms with Gasteiger partial charge in [0.2, 0.25) is 0 Å². The monoisotopic (exact) mass is 377 g/mol. The standard InChI is InChI=1S/C23H23NO4/c1-2-26-23-14-19(17-27-21-11-7-6-10-20(21)15-24-25)12-13-22(23)28-16-18-8-4-3-5-9-18/h3-15,25H,2,16-17H2,1H3/b24-15+. The minimum absolute atomic E-state index is 0.356. The zero-order chi connectivity index (χ0) is 19.6. The summed E-state index contributed by atoms with van der Waals surface area (Å²) < 4.78 is 17.6. The maximum atomic E-state index is 8.77. The Bertz CT molecular complexity index is 909. The molecule has 0 aliphatic heterocycles. The van der Waals surface area contributed by atoms with Crippen molar-refractivity contribution in [2.24, 2.45) is 5.16 Å². The summed E-state index contributed by atoms with van der Waals surface area (Å²) in [6, 6.07) is 23.2. The average molecular weight is 377 g/mol. The van der Waals surface area contributed by atoms with Crippen molar-refractivity contribution in [2.75, 3.05) is 6.61 Å². The highest BCUT2D eigenvalue weighted by Gasteiger charge is 2.09. The van der Waals surface area contributed by atoms with Crippen molar-refractivity contribution >= 4 is 6.21 Å². The Labute approximate surface area is 164 Å². The molecule has 0 spiro atoms. The topological polar surface area (TPSA) is 60.3 Å². The van der Waals surface area contributed by atoms with E-state index in [-0.39, 0.29) is 0 Å². The Kier molecular flexibility index (Phi) is 6.90. The van der Waals surface area contributed by atoms with E-state index in [0.717, 1.165) is 11.1 Å². The molecule has 0 saturated heterocycles. The molecule has 3 aromatic carbocycles. The molecule has 3 aromatic rings. The van der Waals surface area contributed by atoms with E-state index in [2.05, 4.69) is 5.16 Å².